The van der Waals surface area contributed by atoms with Gasteiger partial charge in [-0.2, -0.15) is 0 Å². The molecule has 1 aliphatic carbocycles. The van der Waals surface area contributed by atoms with Crippen molar-refractivity contribution >= 4 is 11.7 Å². The van der Waals surface area contributed by atoms with Crippen LogP contribution in [0, 0.1) is 18.3 Å². The van der Waals surface area contributed by atoms with Crippen LogP contribution in [0.3, 0.4) is 0 Å². The summed E-state index contributed by atoms with van der Waals surface area (Å²) in [6, 6.07) is 18.4. The summed E-state index contributed by atoms with van der Waals surface area (Å²) in [7, 11) is 1.78. The van der Waals surface area contributed by atoms with E-state index in [1.54, 1.807) is 14.0 Å². The molecule has 2 aromatic carbocycles. The quantitative estimate of drug-likeness (QED) is 0.302. The Bertz CT molecular complexity index is 1060. The Balaban J connectivity index is 1.45. The van der Waals surface area contributed by atoms with Gasteiger partial charge in [-0.1, -0.05) is 66.6 Å². The van der Waals surface area contributed by atoms with Gasteiger partial charge in [0.1, 0.15) is 12.4 Å². The lowest BCUT2D eigenvalue weighted by Crippen LogP contribution is -2.28. The van der Waals surface area contributed by atoms with Crippen LogP contribution >= 0.6 is 0 Å². The number of allylic oxidation sites excluding steroid dienone is 2. The van der Waals surface area contributed by atoms with E-state index in [1.807, 2.05) is 48.5 Å². The Morgan fingerprint density at radius 3 is 2.59 bits per heavy atom. The molecule has 0 radical (unpaired) electrons. The van der Waals surface area contributed by atoms with Crippen molar-refractivity contribution in [2.24, 2.45) is 10.9 Å². The summed E-state index contributed by atoms with van der Waals surface area (Å²) in [5.74, 6) is 3.02. The molecule has 3 rings (SSSR count). The SMILES string of the molecule is C#CC(CC(=O)OCC)C1=CCC(NCc2ccc(OCC(=NC)c3ccccc3)cc2)C=C1. The summed E-state index contributed by atoms with van der Waals surface area (Å²) in [5, 5.41) is 3.54. The average Bonchev–Trinajstić information content (AvgIpc) is 2.88. The normalized spacial score (nSPS) is 16.3. The molecular weight excluding hydrogens is 424 g/mol. The van der Waals surface area contributed by atoms with Gasteiger partial charge in [-0.25, -0.2) is 0 Å². The van der Waals surface area contributed by atoms with Gasteiger partial charge in [0, 0.05) is 19.6 Å². The van der Waals surface area contributed by atoms with Crippen LogP contribution in [-0.2, 0) is 16.1 Å². The third-order valence-electron chi connectivity index (χ3n) is 5.65. The average molecular weight is 457 g/mol. The van der Waals surface area contributed by atoms with Gasteiger partial charge in [0.15, 0.2) is 0 Å². The fraction of sp³-hybridized carbons (Fsp3) is 0.310. The van der Waals surface area contributed by atoms with E-state index in [2.05, 4.69) is 40.5 Å². The molecule has 0 saturated carbocycles. The van der Waals surface area contributed by atoms with Gasteiger partial charge in [0.2, 0.25) is 0 Å². The minimum atomic E-state index is -0.259. The summed E-state index contributed by atoms with van der Waals surface area (Å²) in [6.45, 7) is 3.33. The van der Waals surface area contributed by atoms with Crippen molar-refractivity contribution in [1.29, 1.82) is 0 Å². The minimum Gasteiger partial charge on any atom is -0.487 e. The minimum absolute atomic E-state index is 0.212. The molecule has 0 aromatic heterocycles. The molecule has 0 spiro atoms. The lowest BCUT2D eigenvalue weighted by molar-refractivity contribution is -0.143. The van der Waals surface area contributed by atoms with Crippen LogP contribution in [0.5, 0.6) is 5.75 Å². The fourth-order valence-electron chi connectivity index (χ4n) is 3.72. The summed E-state index contributed by atoms with van der Waals surface area (Å²) in [6.07, 6.45) is 12.9. The fourth-order valence-corrected chi connectivity index (χ4v) is 3.72. The standard InChI is InChI=1S/C29H32N2O3/c1-4-23(19-29(32)33-5-2)24-13-15-26(16-14-24)31-20-22-11-17-27(18-12-22)34-21-28(30-3)25-9-7-6-8-10-25/h1,6-15,17-18,23,26,31H,5,16,19-21H2,2-3H3. The first-order valence-corrected chi connectivity index (χ1v) is 11.6. The van der Waals surface area contributed by atoms with Crippen molar-refractivity contribution in [3.63, 3.8) is 0 Å². The summed E-state index contributed by atoms with van der Waals surface area (Å²) < 4.78 is 11.0. The number of rotatable bonds is 11. The van der Waals surface area contributed by atoms with Crippen LogP contribution in [0.2, 0.25) is 0 Å². The largest absolute Gasteiger partial charge is 0.487 e. The van der Waals surface area contributed by atoms with Crippen LogP contribution < -0.4 is 10.1 Å². The molecule has 2 unspecified atom stereocenters. The van der Waals surface area contributed by atoms with E-state index in [-0.39, 0.29) is 24.3 Å². The zero-order valence-electron chi connectivity index (χ0n) is 19.9. The molecule has 0 fully saturated rings. The van der Waals surface area contributed by atoms with E-state index >= 15 is 0 Å². The van der Waals surface area contributed by atoms with Gasteiger partial charge in [-0.3, -0.25) is 9.79 Å². The number of carbonyl (C=O) groups excluding carboxylic acids is 1. The monoisotopic (exact) mass is 456 g/mol. The molecule has 1 aliphatic rings. The molecular formula is C29H32N2O3. The third-order valence-corrected chi connectivity index (χ3v) is 5.65. The first-order chi connectivity index (χ1) is 16.6. The number of terminal acetylenes is 1. The summed E-state index contributed by atoms with van der Waals surface area (Å²) in [4.78, 5) is 16.1. The zero-order valence-corrected chi connectivity index (χ0v) is 19.9. The smallest absolute Gasteiger partial charge is 0.307 e. The summed E-state index contributed by atoms with van der Waals surface area (Å²) >= 11 is 0. The molecule has 176 valence electrons. The van der Waals surface area contributed by atoms with Crippen LogP contribution in [-0.4, -0.2) is 38.0 Å². The highest BCUT2D eigenvalue weighted by Gasteiger charge is 2.18. The van der Waals surface area contributed by atoms with Crippen molar-refractivity contribution < 1.29 is 14.3 Å². The van der Waals surface area contributed by atoms with E-state index in [0.717, 1.165) is 35.6 Å². The lowest BCUT2D eigenvalue weighted by atomic mass is 9.90. The molecule has 0 aliphatic heterocycles. The van der Waals surface area contributed by atoms with E-state index in [0.29, 0.717) is 13.2 Å². The molecule has 1 N–H and O–H groups in total. The predicted molar refractivity (Wildman–Crippen MR) is 137 cm³/mol. The second kappa shape index (κ2) is 13.2. The lowest BCUT2D eigenvalue weighted by Gasteiger charge is -2.20. The predicted octanol–water partition coefficient (Wildman–Crippen LogP) is 4.73. The molecule has 34 heavy (non-hydrogen) atoms. The van der Waals surface area contributed by atoms with Crippen molar-refractivity contribution in [3.05, 3.63) is 89.5 Å². The number of esters is 1. The number of benzene rings is 2. The molecule has 0 amide bonds. The van der Waals surface area contributed by atoms with Gasteiger partial charge in [-0.15, -0.1) is 6.42 Å². The van der Waals surface area contributed by atoms with Gasteiger partial charge in [0.05, 0.1) is 24.7 Å². The van der Waals surface area contributed by atoms with Crippen LogP contribution in [0.25, 0.3) is 0 Å². The number of hydrogen-bond donors (Lipinski definition) is 1. The van der Waals surface area contributed by atoms with Crippen molar-refractivity contribution in [3.8, 4) is 18.1 Å². The van der Waals surface area contributed by atoms with E-state index in [1.165, 1.54) is 5.56 Å². The number of nitrogens with one attached hydrogen (secondary N) is 1. The third kappa shape index (κ3) is 7.47. The maximum atomic E-state index is 11.8. The first-order valence-electron chi connectivity index (χ1n) is 11.6. The second-order valence-electron chi connectivity index (χ2n) is 7.98. The topological polar surface area (TPSA) is 59.9 Å². The zero-order chi connectivity index (χ0) is 24.2. The number of ether oxygens (including phenoxy) is 2. The van der Waals surface area contributed by atoms with Gasteiger partial charge in [-0.05, 0) is 42.2 Å². The second-order valence-corrected chi connectivity index (χ2v) is 7.98. The first kappa shape index (κ1) is 25.0. The Kier molecular flexibility index (Phi) is 9.69. The van der Waals surface area contributed by atoms with Crippen LogP contribution in [0.1, 0.15) is 30.9 Å². The highest BCUT2D eigenvalue weighted by Crippen LogP contribution is 2.22. The van der Waals surface area contributed by atoms with Gasteiger partial charge >= 0.3 is 5.97 Å². The molecule has 2 aromatic rings. The number of hydrogen-bond acceptors (Lipinski definition) is 5. The Labute approximate surface area is 202 Å². The maximum Gasteiger partial charge on any atom is 0.307 e. The van der Waals surface area contributed by atoms with E-state index in [9.17, 15) is 4.79 Å². The number of aliphatic imine (C=N–C) groups is 1. The Morgan fingerprint density at radius 2 is 1.97 bits per heavy atom. The van der Waals surface area contributed by atoms with E-state index < -0.39 is 0 Å². The van der Waals surface area contributed by atoms with Crippen LogP contribution in [0.15, 0.2) is 83.4 Å². The summed E-state index contributed by atoms with van der Waals surface area (Å²) in [5.41, 5.74) is 4.16. The highest BCUT2D eigenvalue weighted by atomic mass is 16.5. The molecule has 0 bridgehead atoms. The molecule has 5 heteroatoms. The van der Waals surface area contributed by atoms with Gasteiger partial charge in [0.25, 0.3) is 0 Å². The van der Waals surface area contributed by atoms with E-state index in [4.69, 9.17) is 15.9 Å². The van der Waals surface area contributed by atoms with Gasteiger partial charge < -0.3 is 14.8 Å². The molecule has 0 saturated heterocycles. The van der Waals surface area contributed by atoms with Crippen LogP contribution in [0.4, 0.5) is 0 Å². The maximum absolute atomic E-state index is 11.8. The highest BCUT2D eigenvalue weighted by molar-refractivity contribution is 6.01. The number of carbonyl (C=O) groups is 1. The number of nitrogens with zero attached hydrogens (tertiary/aromatic N) is 1. The van der Waals surface area contributed by atoms with Crippen molar-refractivity contribution in [1.82, 2.24) is 5.32 Å². The Morgan fingerprint density at radius 1 is 1.21 bits per heavy atom. The molecule has 2 atom stereocenters. The van der Waals surface area contributed by atoms with Crippen molar-refractivity contribution in [2.45, 2.75) is 32.4 Å². The Hall–Kier alpha value is -3.62. The molecule has 5 nitrogen and oxygen atoms in total. The van der Waals surface area contributed by atoms with Crippen molar-refractivity contribution in [2.75, 3.05) is 20.3 Å². The molecule has 0 heterocycles.